The fourth-order valence-electron chi connectivity index (χ4n) is 2.27. The average molecular weight is 392 g/mol. The van der Waals surface area contributed by atoms with E-state index in [1.54, 1.807) is 0 Å². The first-order chi connectivity index (χ1) is 12.0. The minimum absolute atomic E-state index is 0.145. The summed E-state index contributed by atoms with van der Waals surface area (Å²) in [5.74, 6) is -3.19. The fourth-order valence-corrected chi connectivity index (χ4v) is 2.57. The Morgan fingerprint density at radius 1 is 1.42 bits per heavy atom. The number of rotatable bonds is 9. The molecule has 0 aromatic heterocycles. The number of hydrogen-bond acceptors (Lipinski definition) is 5. The summed E-state index contributed by atoms with van der Waals surface area (Å²) in [6, 6.07) is -1.80. The van der Waals surface area contributed by atoms with Crippen LogP contribution in [0.25, 0.3) is 0 Å². The summed E-state index contributed by atoms with van der Waals surface area (Å²) >= 11 is 0. The highest BCUT2D eigenvalue weighted by molar-refractivity contribution is 7.52. The summed E-state index contributed by atoms with van der Waals surface area (Å²) < 4.78 is 11.2. The van der Waals surface area contributed by atoms with Crippen molar-refractivity contribution in [2.75, 3.05) is 6.54 Å². The summed E-state index contributed by atoms with van der Waals surface area (Å²) in [5, 5.41) is 16.8. The Hall–Kier alpha value is -2.17. The van der Waals surface area contributed by atoms with Gasteiger partial charge in [-0.05, 0) is 26.2 Å². The summed E-state index contributed by atoms with van der Waals surface area (Å²) in [6.45, 7) is 1.44. The van der Waals surface area contributed by atoms with Crippen LogP contribution in [0.4, 0.5) is 0 Å². The Kier molecular flexibility index (Phi) is 8.00. The van der Waals surface area contributed by atoms with Crippen molar-refractivity contribution in [3.8, 4) is 0 Å². The lowest BCUT2D eigenvalue weighted by Gasteiger charge is -2.23. The molecule has 0 saturated carbocycles. The Bertz CT molecular complexity index is 608. The lowest BCUT2D eigenvalue weighted by Crippen LogP contribution is -2.53. The molecule has 0 spiro atoms. The van der Waals surface area contributed by atoms with E-state index < -0.39 is 37.3 Å². The molecule has 12 nitrogen and oxygen atoms in total. The van der Waals surface area contributed by atoms with Gasteiger partial charge in [0.2, 0.25) is 17.7 Å². The maximum absolute atomic E-state index is 12.3. The van der Waals surface area contributed by atoms with Crippen LogP contribution in [-0.4, -0.2) is 57.9 Å². The van der Waals surface area contributed by atoms with Crippen molar-refractivity contribution in [1.82, 2.24) is 21.3 Å². The minimum atomic E-state index is -4.52. The van der Waals surface area contributed by atoms with Gasteiger partial charge in [-0.15, -0.1) is 0 Å². The summed E-state index contributed by atoms with van der Waals surface area (Å²) in [4.78, 5) is 53.9. The maximum Gasteiger partial charge on any atom is 0.347 e. The Balaban J connectivity index is 2.69. The van der Waals surface area contributed by atoms with Crippen LogP contribution in [-0.2, 0) is 18.9 Å². The van der Waals surface area contributed by atoms with E-state index in [0.29, 0.717) is 12.8 Å². The van der Waals surface area contributed by atoms with Gasteiger partial charge in [0.25, 0.3) is 0 Å². The molecule has 26 heavy (non-hydrogen) atoms. The van der Waals surface area contributed by atoms with Crippen LogP contribution >= 0.6 is 7.60 Å². The Labute approximate surface area is 150 Å². The molecule has 1 rings (SSSR count). The van der Waals surface area contributed by atoms with Crippen LogP contribution in [0.5, 0.6) is 0 Å². The molecule has 1 fully saturated rings. The van der Waals surface area contributed by atoms with Gasteiger partial charge >= 0.3 is 7.60 Å². The number of nitrogens with one attached hydrogen (secondary N) is 5. The first-order valence-corrected chi connectivity index (χ1v) is 9.72. The van der Waals surface area contributed by atoms with Gasteiger partial charge in [-0.1, -0.05) is 0 Å². The van der Waals surface area contributed by atoms with Gasteiger partial charge in [0.15, 0.2) is 5.96 Å². The third kappa shape index (κ3) is 7.38. The summed E-state index contributed by atoms with van der Waals surface area (Å²) in [6.07, 6.45) is 1.03. The van der Waals surface area contributed by atoms with E-state index in [4.69, 9.17) is 20.9 Å². The zero-order valence-corrected chi connectivity index (χ0v) is 15.2. The number of carbonyl (C=O) groups excluding carboxylic acids is 3. The number of hydrogen-bond donors (Lipinski definition) is 8. The molecule has 0 aromatic carbocycles. The zero-order valence-electron chi connectivity index (χ0n) is 14.3. The normalized spacial score (nSPS) is 19.2. The molecule has 0 aliphatic carbocycles. The second-order valence-electron chi connectivity index (χ2n) is 5.98. The molecule has 9 N–H and O–H groups in total. The largest absolute Gasteiger partial charge is 0.370 e. The molecule has 0 radical (unpaired) electrons. The maximum atomic E-state index is 12.3. The molecule has 3 atom stereocenters. The van der Waals surface area contributed by atoms with E-state index in [-0.39, 0.29) is 31.3 Å². The number of carbonyl (C=O) groups is 3. The van der Waals surface area contributed by atoms with Crippen LogP contribution in [0.2, 0.25) is 0 Å². The highest BCUT2D eigenvalue weighted by Crippen LogP contribution is 2.39. The van der Waals surface area contributed by atoms with Crippen LogP contribution in [0.1, 0.15) is 32.6 Å². The Morgan fingerprint density at radius 3 is 2.58 bits per heavy atom. The quantitative estimate of drug-likeness (QED) is 0.0920. The molecule has 1 aliphatic rings. The van der Waals surface area contributed by atoms with E-state index in [2.05, 4.69) is 21.3 Å². The summed E-state index contributed by atoms with van der Waals surface area (Å²) in [7, 11) is -4.52. The van der Waals surface area contributed by atoms with Crippen molar-refractivity contribution >= 4 is 31.3 Å². The van der Waals surface area contributed by atoms with Crippen LogP contribution < -0.4 is 27.0 Å². The second kappa shape index (κ2) is 9.51. The van der Waals surface area contributed by atoms with Crippen LogP contribution in [0, 0.1) is 5.41 Å². The molecule has 1 aliphatic heterocycles. The van der Waals surface area contributed by atoms with Crippen molar-refractivity contribution in [3.63, 3.8) is 0 Å². The van der Waals surface area contributed by atoms with Crippen LogP contribution in [0.3, 0.4) is 0 Å². The van der Waals surface area contributed by atoms with Gasteiger partial charge in [0, 0.05) is 13.0 Å². The van der Waals surface area contributed by atoms with E-state index >= 15 is 0 Å². The van der Waals surface area contributed by atoms with Gasteiger partial charge in [0.1, 0.15) is 17.9 Å². The summed E-state index contributed by atoms with van der Waals surface area (Å²) in [5.41, 5.74) is 5.16. The van der Waals surface area contributed by atoms with Gasteiger partial charge in [-0.25, -0.2) is 0 Å². The molecule has 0 unspecified atom stereocenters. The van der Waals surface area contributed by atoms with E-state index in [0.717, 1.165) is 6.92 Å². The van der Waals surface area contributed by atoms with E-state index in [1.807, 2.05) is 0 Å². The molecule has 1 heterocycles. The fraction of sp³-hybridized carbons (Fsp3) is 0.692. The molecular formula is C13H25N6O6P. The zero-order chi connectivity index (χ0) is 19.9. The number of amides is 3. The van der Waals surface area contributed by atoms with Gasteiger partial charge in [-0.3, -0.25) is 24.4 Å². The van der Waals surface area contributed by atoms with Gasteiger partial charge < -0.3 is 36.8 Å². The molecule has 13 heteroatoms. The average Bonchev–Trinajstić information content (AvgIpc) is 2.95. The number of guanidine groups is 1. The minimum Gasteiger partial charge on any atom is -0.370 e. The van der Waals surface area contributed by atoms with Crippen molar-refractivity contribution < 1.29 is 28.7 Å². The highest BCUT2D eigenvalue weighted by atomic mass is 31.2. The van der Waals surface area contributed by atoms with E-state index in [1.165, 1.54) is 0 Å². The molecule has 3 amide bonds. The van der Waals surface area contributed by atoms with Crippen molar-refractivity contribution in [2.45, 2.75) is 50.5 Å². The SMILES string of the molecule is C[C@H](NC(=O)[C@H](CCCNC(=N)N)NC(=O)[C@@H]1CCC(=O)N1)P(=O)(O)O. The number of nitrogens with two attached hydrogens (primary N) is 1. The molecule has 0 aromatic rings. The standard InChI is InChI=1S/C13H25N6O6P/c1-7(26(23,24)25)17-11(21)8(3-2-6-16-13(14)15)19-12(22)9-4-5-10(20)18-9/h7-9H,2-6H2,1H3,(H,17,21)(H,18,20)(H,19,22)(H4,14,15,16)(H2,23,24,25)/t7-,8+,9+/m1/s1. The molecule has 1 saturated heterocycles. The van der Waals surface area contributed by atoms with Gasteiger partial charge in [0.05, 0.1) is 0 Å². The molecule has 0 bridgehead atoms. The first kappa shape index (κ1) is 21.9. The predicted molar refractivity (Wildman–Crippen MR) is 91.9 cm³/mol. The van der Waals surface area contributed by atoms with Crippen molar-refractivity contribution in [1.29, 1.82) is 5.41 Å². The third-order valence-corrected chi connectivity index (χ3v) is 4.92. The van der Waals surface area contributed by atoms with Crippen molar-refractivity contribution in [2.24, 2.45) is 5.73 Å². The van der Waals surface area contributed by atoms with Crippen molar-refractivity contribution in [3.05, 3.63) is 0 Å². The van der Waals surface area contributed by atoms with Gasteiger partial charge in [-0.2, -0.15) is 0 Å². The molecular weight excluding hydrogens is 367 g/mol. The first-order valence-electron chi connectivity index (χ1n) is 8.04. The Morgan fingerprint density at radius 2 is 2.08 bits per heavy atom. The topological polar surface area (TPSA) is 207 Å². The smallest absolute Gasteiger partial charge is 0.347 e. The monoisotopic (exact) mass is 392 g/mol. The predicted octanol–water partition coefficient (Wildman–Crippen LogP) is -2.35. The lowest BCUT2D eigenvalue weighted by atomic mass is 10.1. The molecule has 148 valence electrons. The second-order valence-corrected chi connectivity index (χ2v) is 7.93. The highest BCUT2D eigenvalue weighted by Gasteiger charge is 2.32. The van der Waals surface area contributed by atoms with E-state index in [9.17, 15) is 18.9 Å². The lowest BCUT2D eigenvalue weighted by molar-refractivity contribution is -0.130. The third-order valence-electron chi connectivity index (χ3n) is 3.79. The van der Waals surface area contributed by atoms with Crippen LogP contribution in [0.15, 0.2) is 0 Å².